The number of rotatable bonds is 9. The van der Waals surface area contributed by atoms with E-state index in [-0.39, 0.29) is 5.75 Å². The first kappa shape index (κ1) is 15.6. The molecule has 0 saturated heterocycles. The lowest BCUT2D eigenvalue weighted by atomic mass is 10.3. The summed E-state index contributed by atoms with van der Waals surface area (Å²) < 4.78 is 25.9. The maximum absolute atomic E-state index is 11.6. The Bertz CT molecular complexity index is 443. The third-order valence-electron chi connectivity index (χ3n) is 2.42. The Morgan fingerprint density at radius 3 is 2.72 bits per heavy atom. The van der Waals surface area contributed by atoms with Crippen LogP contribution in [-0.2, 0) is 16.4 Å². The molecule has 1 aromatic heterocycles. The van der Waals surface area contributed by atoms with Crippen molar-refractivity contribution in [1.29, 1.82) is 0 Å². The fraction of sp³-hybridized carbons (Fsp3) is 0.727. The summed E-state index contributed by atoms with van der Waals surface area (Å²) in [6.45, 7) is 3.22. The molecule has 5 nitrogen and oxygen atoms in total. The van der Waals surface area contributed by atoms with Crippen LogP contribution in [0.1, 0.15) is 23.5 Å². The lowest BCUT2D eigenvalue weighted by molar-refractivity contribution is 0.576. The summed E-state index contributed by atoms with van der Waals surface area (Å²) in [6.07, 6.45) is 2.23. The highest BCUT2D eigenvalue weighted by molar-refractivity contribution is 7.89. The summed E-state index contributed by atoms with van der Waals surface area (Å²) in [6, 6.07) is 0. The van der Waals surface area contributed by atoms with Gasteiger partial charge in [0.25, 0.3) is 0 Å². The topological polar surface area (TPSA) is 71.1 Å². The molecule has 104 valence electrons. The van der Waals surface area contributed by atoms with Crippen molar-refractivity contribution in [3.63, 3.8) is 0 Å². The maximum Gasteiger partial charge on any atom is 0.211 e. The Morgan fingerprint density at radius 2 is 2.11 bits per heavy atom. The van der Waals surface area contributed by atoms with Crippen molar-refractivity contribution < 1.29 is 8.42 Å². The number of thiazole rings is 1. The fourth-order valence-electron chi connectivity index (χ4n) is 1.50. The molecular weight excluding hydrogens is 270 g/mol. The van der Waals surface area contributed by atoms with Crippen molar-refractivity contribution in [2.24, 2.45) is 0 Å². The van der Waals surface area contributed by atoms with Crippen LogP contribution in [0.25, 0.3) is 0 Å². The summed E-state index contributed by atoms with van der Waals surface area (Å²) in [5, 5.41) is 5.95. The van der Waals surface area contributed by atoms with Gasteiger partial charge in [0.2, 0.25) is 10.0 Å². The predicted molar refractivity (Wildman–Crippen MR) is 75.5 cm³/mol. The molecule has 0 amide bonds. The summed E-state index contributed by atoms with van der Waals surface area (Å²) in [5.41, 5.74) is 0.991. The van der Waals surface area contributed by atoms with Gasteiger partial charge < -0.3 is 5.32 Å². The van der Waals surface area contributed by atoms with Crippen LogP contribution in [-0.4, -0.2) is 39.3 Å². The van der Waals surface area contributed by atoms with Crippen LogP contribution in [0, 0.1) is 6.92 Å². The van der Waals surface area contributed by atoms with Crippen LogP contribution in [0.15, 0.2) is 5.38 Å². The zero-order valence-corrected chi connectivity index (χ0v) is 12.5. The maximum atomic E-state index is 11.6. The van der Waals surface area contributed by atoms with Gasteiger partial charge in [-0.05, 0) is 33.4 Å². The standard InChI is InChI=1S/C11H21N3O2S2/c1-10-9-17-11(14-10)5-7-13-18(15,16)8-4-3-6-12-2/h9,12-13H,3-8H2,1-2H3. The molecule has 0 bridgehead atoms. The molecule has 0 aliphatic carbocycles. The number of hydrogen-bond donors (Lipinski definition) is 2. The van der Waals surface area contributed by atoms with Gasteiger partial charge in [-0.3, -0.25) is 0 Å². The summed E-state index contributed by atoms with van der Waals surface area (Å²) in [7, 11) is -1.26. The number of nitrogens with zero attached hydrogens (tertiary/aromatic N) is 1. The van der Waals surface area contributed by atoms with E-state index in [0.717, 1.165) is 23.7 Å². The number of hydrogen-bond acceptors (Lipinski definition) is 5. The number of unbranched alkanes of at least 4 members (excludes halogenated alkanes) is 1. The Morgan fingerprint density at radius 1 is 1.33 bits per heavy atom. The third-order valence-corrected chi connectivity index (χ3v) is 4.91. The molecule has 0 aliphatic rings. The Labute approximate surface area is 113 Å². The minimum atomic E-state index is -3.13. The minimum absolute atomic E-state index is 0.200. The van der Waals surface area contributed by atoms with E-state index in [2.05, 4.69) is 15.0 Å². The highest BCUT2D eigenvalue weighted by atomic mass is 32.2. The van der Waals surface area contributed by atoms with Crippen LogP contribution in [0.5, 0.6) is 0 Å². The van der Waals surface area contributed by atoms with Gasteiger partial charge in [-0.25, -0.2) is 18.1 Å². The summed E-state index contributed by atoms with van der Waals surface area (Å²) in [5.74, 6) is 0.200. The molecule has 0 atom stereocenters. The van der Waals surface area contributed by atoms with Gasteiger partial charge in [-0.1, -0.05) is 0 Å². The second-order valence-corrected chi connectivity index (χ2v) is 7.03. The van der Waals surface area contributed by atoms with E-state index in [1.165, 1.54) is 0 Å². The average molecular weight is 291 g/mol. The molecule has 1 aromatic rings. The number of aryl methyl sites for hydroxylation is 1. The first-order valence-electron chi connectivity index (χ1n) is 6.06. The molecule has 1 rings (SSSR count). The van der Waals surface area contributed by atoms with Gasteiger partial charge in [0.05, 0.1) is 10.8 Å². The second kappa shape index (κ2) is 7.83. The van der Waals surface area contributed by atoms with E-state index in [4.69, 9.17) is 0 Å². The summed E-state index contributed by atoms with van der Waals surface area (Å²) >= 11 is 1.57. The molecule has 2 N–H and O–H groups in total. The monoisotopic (exact) mass is 291 g/mol. The van der Waals surface area contributed by atoms with Crippen LogP contribution in [0.2, 0.25) is 0 Å². The zero-order valence-electron chi connectivity index (χ0n) is 10.9. The Balaban J connectivity index is 2.20. The smallest absolute Gasteiger partial charge is 0.211 e. The molecular formula is C11H21N3O2S2. The van der Waals surface area contributed by atoms with E-state index in [9.17, 15) is 8.42 Å². The number of sulfonamides is 1. The van der Waals surface area contributed by atoms with Gasteiger partial charge in [0.1, 0.15) is 0 Å². The van der Waals surface area contributed by atoms with Crippen LogP contribution >= 0.6 is 11.3 Å². The lowest BCUT2D eigenvalue weighted by Crippen LogP contribution is -2.28. The van der Waals surface area contributed by atoms with E-state index in [0.29, 0.717) is 19.4 Å². The molecule has 0 radical (unpaired) electrons. The quantitative estimate of drug-likeness (QED) is 0.664. The highest BCUT2D eigenvalue weighted by Gasteiger charge is 2.09. The first-order chi connectivity index (χ1) is 8.53. The van der Waals surface area contributed by atoms with Gasteiger partial charge >= 0.3 is 0 Å². The molecule has 0 aromatic carbocycles. The molecule has 18 heavy (non-hydrogen) atoms. The molecule has 0 fully saturated rings. The van der Waals surface area contributed by atoms with Gasteiger partial charge in [-0.2, -0.15) is 0 Å². The first-order valence-corrected chi connectivity index (χ1v) is 8.59. The van der Waals surface area contributed by atoms with Crippen molar-refractivity contribution in [1.82, 2.24) is 15.0 Å². The lowest BCUT2D eigenvalue weighted by Gasteiger charge is -2.05. The van der Waals surface area contributed by atoms with Gasteiger partial charge in [0, 0.05) is 24.0 Å². The van der Waals surface area contributed by atoms with Gasteiger partial charge in [-0.15, -0.1) is 11.3 Å². The zero-order chi connectivity index (χ0) is 13.4. The minimum Gasteiger partial charge on any atom is -0.320 e. The van der Waals surface area contributed by atoms with E-state index in [1.54, 1.807) is 11.3 Å². The molecule has 0 unspecified atom stereocenters. The van der Waals surface area contributed by atoms with Gasteiger partial charge in [0.15, 0.2) is 0 Å². The average Bonchev–Trinajstić information content (AvgIpc) is 2.70. The fourth-order valence-corrected chi connectivity index (χ4v) is 3.41. The Kier molecular flexibility index (Phi) is 6.77. The van der Waals surface area contributed by atoms with E-state index < -0.39 is 10.0 Å². The molecule has 0 saturated carbocycles. The van der Waals surface area contributed by atoms with E-state index >= 15 is 0 Å². The normalized spacial score (nSPS) is 11.9. The van der Waals surface area contributed by atoms with Crippen molar-refractivity contribution in [2.75, 3.05) is 25.9 Å². The molecule has 7 heteroatoms. The van der Waals surface area contributed by atoms with Crippen molar-refractivity contribution in [2.45, 2.75) is 26.2 Å². The van der Waals surface area contributed by atoms with E-state index in [1.807, 2.05) is 19.4 Å². The highest BCUT2D eigenvalue weighted by Crippen LogP contribution is 2.08. The second-order valence-electron chi connectivity index (χ2n) is 4.16. The number of nitrogens with one attached hydrogen (secondary N) is 2. The molecule has 0 spiro atoms. The third kappa shape index (κ3) is 6.44. The molecule has 1 heterocycles. The van der Waals surface area contributed by atoms with Crippen LogP contribution < -0.4 is 10.0 Å². The predicted octanol–water partition coefficient (Wildman–Crippen LogP) is 0.913. The summed E-state index contributed by atoms with van der Waals surface area (Å²) in [4.78, 5) is 4.29. The molecule has 0 aliphatic heterocycles. The number of aromatic nitrogens is 1. The largest absolute Gasteiger partial charge is 0.320 e. The van der Waals surface area contributed by atoms with Crippen LogP contribution in [0.3, 0.4) is 0 Å². The van der Waals surface area contributed by atoms with Crippen LogP contribution in [0.4, 0.5) is 0 Å². The Hall–Kier alpha value is -0.500. The van der Waals surface area contributed by atoms with Crippen molar-refractivity contribution in [3.8, 4) is 0 Å². The van der Waals surface area contributed by atoms with Crippen molar-refractivity contribution >= 4 is 21.4 Å². The van der Waals surface area contributed by atoms with Crippen molar-refractivity contribution in [3.05, 3.63) is 16.1 Å². The SMILES string of the molecule is CNCCCCS(=O)(=O)NCCc1nc(C)cs1.